The zero-order chi connectivity index (χ0) is 26.9. The first-order valence-electron chi connectivity index (χ1n) is 13.1. The molecule has 0 bridgehead atoms. The third-order valence-electron chi connectivity index (χ3n) is 6.23. The van der Waals surface area contributed by atoms with E-state index in [2.05, 4.69) is 40.3 Å². The molecular weight excluding hydrogens is 653 g/mol. The van der Waals surface area contributed by atoms with Gasteiger partial charge < -0.3 is 9.97 Å². The van der Waals surface area contributed by atoms with Crippen LogP contribution in [0.4, 0.5) is 0 Å². The van der Waals surface area contributed by atoms with E-state index in [-0.39, 0.29) is 20.1 Å². The molecule has 6 aromatic rings. The second kappa shape index (κ2) is 14.1. The minimum absolute atomic E-state index is 0. The average Bonchev–Trinajstić information content (AvgIpc) is 3.03. The van der Waals surface area contributed by atoms with E-state index >= 15 is 0 Å². The Labute approximate surface area is 246 Å². The molecule has 3 heteroatoms. The zero-order valence-electron chi connectivity index (χ0n) is 22.6. The summed E-state index contributed by atoms with van der Waals surface area (Å²) >= 11 is 0. The standard InChI is InChI=1S/C19H16N.C17H12N.Ir/c1-15(16-8-3-2-4-9-16)17-10-7-11-18(14-17)19-12-5-6-13-20-19;1-3-7-14(8-4-1)16-11-12-18-17(13-16)15-9-5-2-6-10-15;/h2-10,12-15H,1H3;1-9,11-13H;/q2*-1;/i15D;;. The van der Waals surface area contributed by atoms with Gasteiger partial charge in [-0.15, -0.1) is 71.3 Å². The Bertz CT molecular complexity index is 1550. The van der Waals surface area contributed by atoms with Crippen LogP contribution in [-0.4, -0.2) is 9.97 Å². The third-order valence-corrected chi connectivity index (χ3v) is 6.23. The second-order valence-electron chi connectivity index (χ2n) is 8.77. The van der Waals surface area contributed by atoms with Crippen molar-refractivity contribution in [3.05, 3.63) is 169 Å². The first-order chi connectivity index (χ1) is 19.1. The molecular formula is C36H28IrN2-2. The average molecular weight is 682 g/mol. The molecule has 0 saturated heterocycles. The summed E-state index contributed by atoms with van der Waals surface area (Å²) in [4.78, 5) is 8.76. The summed E-state index contributed by atoms with van der Waals surface area (Å²) in [5.41, 5.74) is 8.07. The van der Waals surface area contributed by atoms with E-state index in [0.29, 0.717) is 0 Å². The molecule has 2 nitrogen and oxygen atoms in total. The number of rotatable bonds is 5. The number of hydrogen-bond donors (Lipinski definition) is 0. The fraction of sp³-hybridized carbons (Fsp3) is 0.0556. The van der Waals surface area contributed by atoms with E-state index in [0.717, 1.165) is 33.6 Å². The van der Waals surface area contributed by atoms with Crippen molar-refractivity contribution < 1.29 is 21.5 Å². The molecule has 1 radical (unpaired) electrons. The topological polar surface area (TPSA) is 25.8 Å². The van der Waals surface area contributed by atoms with Crippen LogP contribution < -0.4 is 0 Å². The quantitative estimate of drug-likeness (QED) is 0.170. The molecule has 0 N–H and O–H groups in total. The van der Waals surface area contributed by atoms with Crippen LogP contribution in [0.5, 0.6) is 0 Å². The molecule has 6 rings (SSSR count). The summed E-state index contributed by atoms with van der Waals surface area (Å²) in [7, 11) is 0. The maximum absolute atomic E-state index is 8.73. The van der Waals surface area contributed by atoms with Crippen molar-refractivity contribution >= 4 is 0 Å². The van der Waals surface area contributed by atoms with E-state index in [1.165, 1.54) is 11.1 Å². The van der Waals surface area contributed by atoms with Gasteiger partial charge in [0.2, 0.25) is 0 Å². The van der Waals surface area contributed by atoms with E-state index in [9.17, 15) is 0 Å². The van der Waals surface area contributed by atoms with Crippen LogP contribution in [0.2, 0.25) is 0 Å². The molecule has 2 heterocycles. The maximum atomic E-state index is 8.73. The number of nitrogens with zero attached hydrogens (tertiary/aromatic N) is 2. The number of benzene rings is 4. The summed E-state index contributed by atoms with van der Waals surface area (Å²) < 4.78 is 8.73. The molecule has 1 unspecified atom stereocenters. The Hall–Kier alpha value is -4.17. The van der Waals surface area contributed by atoms with E-state index in [4.69, 9.17) is 1.37 Å². The van der Waals surface area contributed by atoms with Gasteiger partial charge in [-0.3, -0.25) is 0 Å². The van der Waals surface area contributed by atoms with Gasteiger partial charge in [-0.05, 0) is 46.1 Å². The van der Waals surface area contributed by atoms with Gasteiger partial charge in [0.15, 0.2) is 0 Å². The van der Waals surface area contributed by atoms with Crippen LogP contribution in [0.1, 0.15) is 25.3 Å². The summed E-state index contributed by atoms with van der Waals surface area (Å²) in [6, 6.07) is 50.3. The van der Waals surface area contributed by atoms with Crippen LogP contribution in [0, 0.1) is 12.1 Å². The maximum Gasteiger partial charge on any atom is 0.0383 e. The molecule has 0 saturated carbocycles. The molecule has 0 amide bonds. The summed E-state index contributed by atoms with van der Waals surface area (Å²) in [6.45, 7) is 1.92. The van der Waals surface area contributed by atoms with E-state index < -0.39 is 5.89 Å². The minimum Gasteiger partial charge on any atom is -0.305 e. The molecule has 193 valence electrons. The fourth-order valence-electron chi connectivity index (χ4n) is 4.17. The smallest absolute Gasteiger partial charge is 0.0383 e. The summed E-state index contributed by atoms with van der Waals surface area (Å²) in [6.07, 6.45) is 3.62. The van der Waals surface area contributed by atoms with Crippen molar-refractivity contribution in [2.24, 2.45) is 0 Å². The second-order valence-corrected chi connectivity index (χ2v) is 8.77. The molecule has 0 aliphatic rings. The summed E-state index contributed by atoms with van der Waals surface area (Å²) in [5, 5.41) is 0. The van der Waals surface area contributed by atoms with Gasteiger partial charge >= 0.3 is 0 Å². The van der Waals surface area contributed by atoms with Crippen molar-refractivity contribution in [3.63, 3.8) is 0 Å². The molecule has 2 aromatic heterocycles. The van der Waals surface area contributed by atoms with Gasteiger partial charge in [0, 0.05) is 33.9 Å². The van der Waals surface area contributed by atoms with Gasteiger partial charge in [-0.25, -0.2) is 0 Å². The van der Waals surface area contributed by atoms with Gasteiger partial charge in [0.1, 0.15) is 0 Å². The third kappa shape index (κ3) is 7.45. The van der Waals surface area contributed by atoms with Crippen molar-refractivity contribution in [2.75, 3.05) is 0 Å². The van der Waals surface area contributed by atoms with Crippen molar-refractivity contribution in [1.29, 1.82) is 0 Å². The number of pyridine rings is 2. The Morgan fingerprint density at radius 3 is 1.97 bits per heavy atom. The van der Waals surface area contributed by atoms with E-state index in [1.54, 1.807) is 6.20 Å². The molecule has 4 aromatic carbocycles. The Morgan fingerprint density at radius 1 is 0.564 bits per heavy atom. The first-order valence-corrected chi connectivity index (χ1v) is 12.6. The normalized spacial score (nSPS) is 12.1. The number of hydrogen-bond acceptors (Lipinski definition) is 2. The molecule has 39 heavy (non-hydrogen) atoms. The largest absolute Gasteiger partial charge is 0.305 e. The Kier molecular flexibility index (Phi) is 9.57. The Balaban J connectivity index is 0.000000182. The van der Waals surface area contributed by atoms with Gasteiger partial charge in [0.05, 0.1) is 0 Å². The fourth-order valence-corrected chi connectivity index (χ4v) is 4.17. The minimum atomic E-state index is -0.792. The van der Waals surface area contributed by atoms with Crippen LogP contribution in [0.15, 0.2) is 146 Å². The monoisotopic (exact) mass is 682 g/mol. The number of aromatic nitrogens is 2. The molecule has 0 aliphatic carbocycles. The van der Waals surface area contributed by atoms with E-state index in [1.807, 2.05) is 128 Å². The van der Waals surface area contributed by atoms with Gasteiger partial charge in [-0.1, -0.05) is 85.8 Å². The van der Waals surface area contributed by atoms with Crippen molar-refractivity contribution in [1.82, 2.24) is 9.97 Å². The van der Waals surface area contributed by atoms with Crippen molar-refractivity contribution in [2.45, 2.75) is 12.8 Å². The zero-order valence-corrected chi connectivity index (χ0v) is 24.0. The van der Waals surface area contributed by atoms with Gasteiger partial charge in [-0.2, -0.15) is 0 Å². The molecule has 1 atom stereocenters. The first kappa shape index (κ1) is 26.4. The molecule has 0 spiro atoms. The van der Waals surface area contributed by atoms with Crippen LogP contribution in [-0.2, 0) is 20.1 Å². The van der Waals surface area contributed by atoms with Crippen LogP contribution in [0.3, 0.4) is 0 Å². The SMILES string of the molecule is [2H]C(C)(c1ccccc1)c1cc[c-]c(-c2ccccn2)c1.[Ir].[c-]1ccccc1-c1cc(-c2ccccc2)ccn1. The molecule has 0 fully saturated rings. The van der Waals surface area contributed by atoms with Crippen molar-refractivity contribution in [3.8, 4) is 33.6 Å². The van der Waals surface area contributed by atoms with Crippen LogP contribution >= 0.6 is 0 Å². The predicted molar refractivity (Wildman–Crippen MR) is 156 cm³/mol. The van der Waals surface area contributed by atoms with Crippen LogP contribution in [0.25, 0.3) is 33.6 Å². The molecule has 0 aliphatic heterocycles. The summed E-state index contributed by atoms with van der Waals surface area (Å²) in [5.74, 6) is -0.792. The van der Waals surface area contributed by atoms with Gasteiger partial charge in [0.25, 0.3) is 0 Å². The Morgan fingerprint density at radius 2 is 1.26 bits per heavy atom. The predicted octanol–water partition coefficient (Wildman–Crippen LogP) is 8.91.